The molecule has 0 aliphatic carbocycles. The van der Waals surface area contributed by atoms with E-state index in [1.807, 2.05) is 0 Å². The van der Waals surface area contributed by atoms with Crippen LogP contribution in [-0.4, -0.2) is 12.6 Å². The van der Waals surface area contributed by atoms with Gasteiger partial charge in [-0.2, -0.15) is 0 Å². The maximum atomic E-state index is 9.59. The lowest BCUT2D eigenvalue weighted by atomic mass is 10.2. The van der Waals surface area contributed by atoms with Crippen LogP contribution in [0.1, 0.15) is 13.3 Å². The molecule has 2 nitrogen and oxygen atoms in total. The van der Waals surface area contributed by atoms with Crippen molar-refractivity contribution in [1.29, 1.82) is 0 Å². The van der Waals surface area contributed by atoms with E-state index in [4.69, 9.17) is 0 Å². The summed E-state index contributed by atoms with van der Waals surface area (Å²) >= 11 is 0. The van der Waals surface area contributed by atoms with Crippen molar-refractivity contribution in [2.24, 2.45) is 0 Å². The van der Waals surface area contributed by atoms with Gasteiger partial charge in [0.05, 0.1) is 0 Å². The minimum atomic E-state index is 0.204. The van der Waals surface area contributed by atoms with E-state index in [0.717, 1.165) is 0 Å². The molecule has 0 aromatic rings. The molecular formula is C6H6O2. The fourth-order valence-corrected chi connectivity index (χ4v) is 0.265. The minimum absolute atomic E-state index is 0.204. The molecule has 0 amide bonds. The second kappa shape index (κ2) is 4.24. The zero-order valence-electron chi connectivity index (χ0n) is 4.60. The van der Waals surface area contributed by atoms with Crippen LogP contribution in [0.25, 0.3) is 0 Å². The highest BCUT2D eigenvalue weighted by Crippen LogP contribution is 1.92. The predicted molar refractivity (Wildman–Crippen MR) is 29.8 cm³/mol. The van der Waals surface area contributed by atoms with E-state index >= 15 is 0 Å². The van der Waals surface area contributed by atoms with Crippen LogP contribution >= 0.6 is 0 Å². The van der Waals surface area contributed by atoms with Crippen molar-refractivity contribution in [3.63, 3.8) is 0 Å². The molecule has 0 saturated heterocycles. The Kier molecular flexibility index (Phi) is 3.76. The lowest BCUT2D eigenvalue weighted by Gasteiger charge is -1.82. The van der Waals surface area contributed by atoms with Gasteiger partial charge in [0.25, 0.3) is 0 Å². The molecule has 0 aliphatic heterocycles. The first-order chi connectivity index (χ1) is 3.81. The SMILES string of the molecule is CC(=C[C]=O)C[C]=O. The predicted octanol–water partition coefficient (Wildman–Crippen LogP) is 0.542. The maximum absolute atomic E-state index is 9.59. The smallest absolute Gasteiger partial charge is 0.225 e. The standard InChI is InChI=1S/C6H6O2/c1-6(2-4-7)3-5-8/h2H,3H2,1H3. The number of carbonyl (C=O) groups excluding carboxylic acids is 2. The number of allylic oxidation sites excluding steroid dienone is 2. The highest BCUT2D eigenvalue weighted by atomic mass is 16.1. The van der Waals surface area contributed by atoms with E-state index < -0.39 is 0 Å². The van der Waals surface area contributed by atoms with E-state index in [-0.39, 0.29) is 6.42 Å². The Labute approximate surface area is 48.2 Å². The molecule has 0 atom stereocenters. The van der Waals surface area contributed by atoms with Crippen LogP contribution in [0, 0.1) is 0 Å². The molecule has 0 aromatic carbocycles. The molecule has 2 heteroatoms. The third-order valence-electron chi connectivity index (χ3n) is 0.656. The van der Waals surface area contributed by atoms with Crippen LogP contribution in [0.15, 0.2) is 11.6 Å². The van der Waals surface area contributed by atoms with Crippen molar-refractivity contribution in [3.8, 4) is 0 Å². The second-order valence-corrected chi connectivity index (χ2v) is 1.43. The first kappa shape index (κ1) is 7.08. The van der Waals surface area contributed by atoms with Crippen molar-refractivity contribution >= 4 is 12.6 Å². The monoisotopic (exact) mass is 110 g/mol. The van der Waals surface area contributed by atoms with Gasteiger partial charge in [0.15, 0.2) is 0 Å². The topological polar surface area (TPSA) is 34.1 Å². The Morgan fingerprint density at radius 3 is 2.62 bits per heavy atom. The molecule has 0 aliphatic rings. The Hall–Kier alpha value is -0.920. The fourth-order valence-electron chi connectivity index (χ4n) is 0.265. The molecule has 0 aromatic heterocycles. The molecule has 42 valence electrons. The fraction of sp³-hybridized carbons (Fsp3) is 0.333. The molecule has 2 radical (unpaired) electrons. The third-order valence-corrected chi connectivity index (χ3v) is 0.656. The third kappa shape index (κ3) is 3.28. The van der Waals surface area contributed by atoms with Gasteiger partial charge < -0.3 is 0 Å². The van der Waals surface area contributed by atoms with Gasteiger partial charge in [0.1, 0.15) is 0 Å². The Morgan fingerprint density at radius 1 is 1.62 bits per heavy atom. The molecule has 0 heterocycles. The molecule has 0 unspecified atom stereocenters. The summed E-state index contributed by atoms with van der Waals surface area (Å²) in [5.74, 6) is 0. The molecule has 0 saturated carbocycles. The summed E-state index contributed by atoms with van der Waals surface area (Å²) in [6.07, 6.45) is 4.65. The van der Waals surface area contributed by atoms with Gasteiger partial charge in [-0.05, 0) is 13.0 Å². The summed E-state index contributed by atoms with van der Waals surface area (Å²) in [5, 5.41) is 0. The van der Waals surface area contributed by atoms with E-state index in [2.05, 4.69) is 0 Å². The Morgan fingerprint density at radius 2 is 2.25 bits per heavy atom. The summed E-state index contributed by atoms with van der Waals surface area (Å²) in [6, 6.07) is 0. The molecular weight excluding hydrogens is 104 g/mol. The molecule has 0 rings (SSSR count). The van der Waals surface area contributed by atoms with Crippen LogP contribution in [-0.2, 0) is 9.59 Å². The summed E-state index contributed by atoms with van der Waals surface area (Å²) in [7, 11) is 0. The average molecular weight is 110 g/mol. The van der Waals surface area contributed by atoms with Gasteiger partial charge in [-0.1, -0.05) is 5.57 Å². The van der Waals surface area contributed by atoms with E-state index in [1.54, 1.807) is 19.5 Å². The van der Waals surface area contributed by atoms with E-state index in [9.17, 15) is 9.59 Å². The first-order valence-corrected chi connectivity index (χ1v) is 2.19. The van der Waals surface area contributed by atoms with E-state index in [1.165, 1.54) is 6.08 Å². The first-order valence-electron chi connectivity index (χ1n) is 2.19. The molecule has 8 heavy (non-hydrogen) atoms. The van der Waals surface area contributed by atoms with Gasteiger partial charge in [-0.3, -0.25) is 9.59 Å². The number of rotatable bonds is 3. The van der Waals surface area contributed by atoms with Crippen molar-refractivity contribution < 1.29 is 9.59 Å². The van der Waals surface area contributed by atoms with Crippen LogP contribution in [0.2, 0.25) is 0 Å². The lowest BCUT2D eigenvalue weighted by molar-refractivity contribution is 0.555. The Bertz CT molecular complexity index is 114. The zero-order valence-corrected chi connectivity index (χ0v) is 4.60. The Balaban J connectivity index is 3.60. The summed E-state index contributed by atoms with van der Waals surface area (Å²) in [4.78, 5) is 19.2. The number of hydrogen-bond donors (Lipinski definition) is 0. The molecule has 0 bridgehead atoms. The molecule has 0 N–H and O–H groups in total. The van der Waals surface area contributed by atoms with Gasteiger partial charge in [-0.15, -0.1) is 0 Å². The molecule has 0 fully saturated rings. The summed E-state index contributed by atoms with van der Waals surface area (Å²) < 4.78 is 0. The number of hydrogen-bond acceptors (Lipinski definition) is 2. The zero-order chi connectivity index (χ0) is 6.41. The quantitative estimate of drug-likeness (QED) is 0.497. The van der Waals surface area contributed by atoms with Crippen molar-refractivity contribution in [2.45, 2.75) is 13.3 Å². The summed E-state index contributed by atoms with van der Waals surface area (Å²) in [5.41, 5.74) is 0.690. The van der Waals surface area contributed by atoms with Gasteiger partial charge in [0.2, 0.25) is 12.6 Å². The largest absolute Gasteiger partial charge is 0.291 e. The van der Waals surface area contributed by atoms with Crippen LogP contribution in [0.4, 0.5) is 0 Å². The van der Waals surface area contributed by atoms with Crippen LogP contribution in [0.5, 0.6) is 0 Å². The van der Waals surface area contributed by atoms with Gasteiger partial charge >= 0.3 is 0 Å². The summed E-state index contributed by atoms with van der Waals surface area (Å²) in [6.45, 7) is 1.68. The van der Waals surface area contributed by atoms with Crippen molar-refractivity contribution in [1.82, 2.24) is 0 Å². The second-order valence-electron chi connectivity index (χ2n) is 1.43. The normalized spacial score (nSPS) is 10.9. The minimum Gasteiger partial charge on any atom is -0.291 e. The highest BCUT2D eigenvalue weighted by Gasteiger charge is 1.84. The van der Waals surface area contributed by atoms with Crippen LogP contribution < -0.4 is 0 Å². The lowest BCUT2D eigenvalue weighted by Crippen LogP contribution is -1.77. The van der Waals surface area contributed by atoms with Crippen molar-refractivity contribution in [3.05, 3.63) is 11.6 Å². The van der Waals surface area contributed by atoms with Gasteiger partial charge in [-0.25, -0.2) is 0 Å². The van der Waals surface area contributed by atoms with E-state index in [0.29, 0.717) is 5.57 Å². The maximum Gasteiger partial charge on any atom is 0.225 e. The van der Waals surface area contributed by atoms with Crippen molar-refractivity contribution in [2.75, 3.05) is 0 Å². The van der Waals surface area contributed by atoms with Crippen LogP contribution in [0.3, 0.4) is 0 Å². The van der Waals surface area contributed by atoms with Gasteiger partial charge in [0, 0.05) is 6.42 Å². The highest BCUT2D eigenvalue weighted by molar-refractivity contribution is 5.68. The molecule has 0 spiro atoms. The average Bonchev–Trinajstić information content (AvgIpc) is 1.68.